The molecule has 0 saturated carbocycles. The number of hydrogen-bond acceptors (Lipinski definition) is 10. The molecule has 0 aliphatic rings. The van der Waals surface area contributed by atoms with Gasteiger partial charge >= 0.3 is 5.69 Å². The van der Waals surface area contributed by atoms with Crippen LogP contribution < -0.4 is 15.0 Å². The molecule has 218 valence electrons. The van der Waals surface area contributed by atoms with Gasteiger partial charge in [-0.05, 0) is 60.2 Å². The van der Waals surface area contributed by atoms with Crippen molar-refractivity contribution < 1.29 is 23.7 Å². The van der Waals surface area contributed by atoms with Gasteiger partial charge in [-0.1, -0.05) is 18.2 Å². The van der Waals surface area contributed by atoms with E-state index in [-0.39, 0.29) is 35.3 Å². The normalized spacial score (nSPS) is 11.3. The molecule has 0 radical (unpaired) electrons. The summed E-state index contributed by atoms with van der Waals surface area (Å²) >= 11 is 0. The number of hydrogen-bond donors (Lipinski definition) is 0. The second-order valence-corrected chi connectivity index (χ2v) is 9.49. The molecule has 6 aromatic rings. The van der Waals surface area contributed by atoms with E-state index in [1.165, 1.54) is 42.6 Å². The van der Waals surface area contributed by atoms with Crippen LogP contribution in [0.25, 0.3) is 33.5 Å². The Morgan fingerprint density at radius 2 is 1.70 bits per heavy atom. The van der Waals surface area contributed by atoms with E-state index >= 15 is 0 Å². The first-order valence-corrected chi connectivity index (χ1v) is 13.1. The van der Waals surface area contributed by atoms with E-state index in [9.17, 15) is 25.0 Å². The van der Waals surface area contributed by atoms with Gasteiger partial charge in [-0.25, -0.2) is 4.98 Å². The number of nitro benzene ring substituents is 2. The van der Waals surface area contributed by atoms with E-state index in [4.69, 9.17) is 13.9 Å². The highest BCUT2D eigenvalue weighted by Gasteiger charge is 2.19. The number of ether oxygens (including phenoxy) is 2. The summed E-state index contributed by atoms with van der Waals surface area (Å²) in [7, 11) is 1.54. The highest BCUT2D eigenvalue weighted by Crippen LogP contribution is 2.33. The van der Waals surface area contributed by atoms with E-state index in [0.717, 1.165) is 4.68 Å². The highest BCUT2D eigenvalue weighted by molar-refractivity contribution is 5.89. The molecule has 6 rings (SSSR count). The summed E-state index contributed by atoms with van der Waals surface area (Å²) in [4.78, 5) is 39.8. The monoisotopic (exact) mass is 591 g/mol. The highest BCUT2D eigenvalue weighted by atomic mass is 16.6. The summed E-state index contributed by atoms with van der Waals surface area (Å²) < 4.78 is 18.2. The molecule has 13 heteroatoms. The van der Waals surface area contributed by atoms with E-state index in [0.29, 0.717) is 38.7 Å². The Balaban J connectivity index is 1.36. The molecule has 0 aliphatic carbocycles. The van der Waals surface area contributed by atoms with Crippen molar-refractivity contribution in [1.29, 1.82) is 0 Å². The van der Waals surface area contributed by atoms with E-state index in [2.05, 4.69) is 10.1 Å². The Morgan fingerprint density at radius 3 is 2.45 bits per heavy atom. The second-order valence-electron chi connectivity index (χ2n) is 9.49. The maximum Gasteiger partial charge on any atom is 0.311 e. The molecular weight excluding hydrogens is 570 g/mol. The molecule has 0 amide bonds. The smallest absolute Gasteiger partial charge is 0.311 e. The van der Waals surface area contributed by atoms with Gasteiger partial charge in [0.25, 0.3) is 11.2 Å². The molecule has 0 N–H and O–H groups in total. The number of para-hydroxylation sites is 1. The third-order valence-corrected chi connectivity index (χ3v) is 6.76. The molecule has 0 aliphatic heterocycles. The van der Waals surface area contributed by atoms with Gasteiger partial charge in [0.2, 0.25) is 5.82 Å². The third kappa shape index (κ3) is 5.32. The van der Waals surface area contributed by atoms with Crippen LogP contribution in [0.1, 0.15) is 11.1 Å². The molecule has 0 spiro atoms. The van der Waals surface area contributed by atoms with Crippen molar-refractivity contribution in [2.45, 2.75) is 6.61 Å². The van der Waals surface area contributed by atoms with Crippen molar-refractivity contribution in [3.63, 3.8) is 0 Å². The lowest BCUT2D eigenvalue weighted by molar-refractivity contribution is -0.386. The fourth-order valence-corrected chi connectivity index (χ4v) is 4.59. The van der Waals surface area contributed by atoms with Crippen LogP contribution in [0.4, 0.5) is 11.4 Å². The Morgan fingerprint density at radius 1 is 0.909 bits per heavy atom. The molecule has 2 heterocycles. The first-order chi connectivity index (χ1) is 21.3. The van der Waals surface area contributed by atoms with Crippen molar-refractivity contribution in [3.8, 4) is 23.1 Å². The quantitative estimate of drug-likeness (QED) is 0.110. The Kier molecular flexibility index (Phi) is 7.25. The molecule has 13 nitrogen and oxygen atoms in total. The van der Waals surface area contributed by atoms with Gasteiger partial charge in [0, 0.05) is 23.8 Å². The number of nitrogens with zero attached hydrogens (tertiary/aromatic N) is 5. The van der Waals surface area contributed by atoms with Crippen LogP contribution in [-0.2, 0) is 6.61 Å². The molecule has 4 aromatic carbocycles. The van der Waals surface area contributed by atoms with Crippen molar-refractivity contribution in [1.82, 2.24) is 9.66 Å². The predicted octanol–water partition coefficient (Wildman–Crippen LogP) is 6.10. The zero-order chi connectivity index (χ0) is 30.8. The van der Waals surface area contributed by atoms with Crippen molar-refractivity contribution in [2.24, 2.45) is 5.10 Å². The average Bonchev–Trinajstić information content (AvgIpc) is 3.48. The van der Waals surface area contributed by atoms with Crippen LogP contribution in [0.3, 0.4) is 0 Å². The maximum atomic E-state index is 13.6. The molecule has 44 heavy (non-hydrogen) atoms. The zero-order valence-corrected chi connectivity index (χ0v) is 22.9. The predicted molar refractivity (Wildman–Crippen MR) is 161 cm³/mol. The van der Waals surface area contributed by atoms with Gasteiger partial charge in [-0.2, -0.15) is 9.78 Å². The van der Waals surface area contributed by atoms with Crippen molar-refractivity contribution in [3.05, 3.63) is 133 Å². The number of aromatic nitrogens is 2. The molecular formula is C31H21N5O8. The summed E-state index contributed by atoms with van der Waals surface area (Å²) in [6, 6.07) is 23.7. The Bertz CT molecular complexity index is 2150. The molecule has 0 unspecified atom stereocenters. The molecule has 2 aromatic heterocycles. The second kappa shape index (κ2) is 11.5. The van der Waals surface area contributed by atoms with Crippen LogP contribution in [0.2, 0.25) is 0 Å². The molecule has 0 fully saturated rings. The summed E-state index contributed by atoms with van der Waals surface area (Å²) in [6.07, 6.45) is 1.30. The van der Waals surface area contributed by atoms with Crippen LogP contribution >= 0.6 is 0 Å². The number of rotatable bonds is 9. The van der Waals surface area contributed by atoms with Crippen LogP contribution in [0.15, 0.2) is 105 Å². The molecule has 0 saturated heterocycles. The number of furan rings is 1. The first-order valence-electron chi connectivity index (χ1n) is 13.1. The summed E-state index contributed by atoms with van der Waals surface area (Å²) in [5, 5.41) is 28.1. The third-order valence-electron chi connectivity index (χ3n) is 6.76. The Labute approximate surface area is 247 Å². The lowest BCUT2D eigenvalue weighted by Crippen LogP contribution is -2.20. The average molecular weight is 592 g/mol. The summed E-state index contributed by atoms with van der Waals surface area (Å²) in [5.74, 6) is 0.970. The molecule has 0 bridgehead atoms. The minimum Gasteiger partial charge on any atom is -0.496 e. The zero-order valence-electron chi connectivity index (χ0n) is 22.9. The number of methoxy groups -OCH3 is 1. The van der Waals surface area contributed by atoms with E-state index in [1.807, 2.05) is 0 Å². The fraction of sp³-hybridized carbons (Fsp3) is 0.0645. The van der Waals surface area contributed by atoms with Gasteiger partial charge in [0.15, 0.2) is 11.5 Å². The maximum absolute atomic E-state index is 13.6. The topological polar surface area (TPSA) is 165 Å². The van der Waals surface area contributed by atoms with E-state index < -0.39 is 15.4 Å². The van der Waals surface area contributed by atoms with E-state index in [1.54, 1.807) is 61.7 Å². The van der Waals surface area contributed by atoms with Gasteiger partial charge < -0.3 is 13.9 Å². The minimum absolute atomic E-state index is 0.00745. The van der Waals surface area contributed by atoms with Crippen molar-refractivity contribution >= 4 is 39.5 Å². The van der Waals surface area contributed by atoms with Crippen LogP contribution in [0, 0.1) is 20.2 Å². The number of non-ortho nitro benzene ring substituents is 1. The first kappa shape index (κ1) is 27.8. The fourth-order valence-electron chi connectivity index (χ4n) is 4.59. The van der Waals surface area contributed by atoms with Gasteiger partial charge in [-0.15, -0.1) is 0 Å². The number of benzene rings is 4. The van der Waals surface area contributed by atoms with Crippen molar-refractivity contribution in [2.75, 3.05) is 7.11 Å². The van der Waals surface area contributed by atoms with Crippen LogP contribution in [-0.4, -0.2) is 32.8 Å². The van der Waals surface area contributed by atoms with Gasteiger partial charge in [0.1, 0.15) is 17.9 Å². The lowest BCUT2D eigenvalue weighted by atomic mass is 10.2. The van der Waals surface area contributed by atoms with Gasteiger partial charge in [0.05, 0.1) is 39.5 Å². The SMILES string of the molecule is COc1cccc2oc(-c3nc4ccccc4c(=O)n3N=Cc3ccc(OCc4ccc([N+](=O)[O-])cc4)c([N+](=O)[O-])c3)cc12. The summed E-state index contributed by atoms with van der Waals surface area (Å²) in [5.41, 5.74) is 1.00. The summed E-state index contributed by atoms with van der Waals surface area (Å²) in [6.45, 7) is -0.0456. The standard InChI is InChI=1S/C31H21N5O8/c1-42-26-7-4-8-27-23(26)16-29(44-27)30-33-24-6-3-2-5-22(24)31(37)34(30)32-17-20-11-14-28(25(15-20)36(40)41)43-18-19-9-12-21(13-10-19)35(38)39/h2-17H,18H2,1H3. The number of fused-ring (bicyclic) bond motifs is 2. The number of nitro groups is 2. The lowest BCUT2D eigenvalue weighted by Gasteiger charge is -2.08. The molecule has 0 atom stereocenters. The van der Waals surface area contributed by atoms with Gasteiger partial charge in [-0.3, -0.25) is 25.0 Å². The largest absolute Gasteiger partial charge is 0.496 e. The minimum atomic E-state index is -0.598. The Hall–Kier alpha value is -6.37. The van der Waals surface area contributed by atoms with Crippen LogP contribution in [0.5, 0.6) is 11.5 Å².